The fourth-order valence-electron chi connectivity index (χ4n) is 2.65. The highest BCUT2D eigenvalue weighted by molar-refractivity contribution is 7.14. The van der Waals surface area contributed by atoms with Crippen LogP contribution in [0.5, 0.6) is 0 Å². The normalized spacial score (nSPS) is 11.0. The van der Waals surface area contributed by atoms with Gasteiger partial charge in [0, 0.05) is 17.8 Å². The van der Waals surface area contributed by atoms with E-state index in [0.29, 0.717) is 6.54 Å². The number of hydrogen-bond donors (Lipinski definition) is 2. The maximum absolute atomic E-state index is 12.2. The van der Waals surface area contributed by atoms with Crippen LogP contribution in [0.25, 0.3) is 11.0 Å². The van der Waals surface area contributed by atoms with E-state index in [1.54, 1.807) is 11.3 Å². The molecular formula is C18H21N3OS. The van der Waals surface area contributed by atoms with Gasteiger partial charge in [0.25, 0.3) is 5.91 Å². The van der Waals surface area contributed by atoms with Crippen LogP contribution in [0.1, 0.15) is 39.3 Å². The number of carbonyl (C=O) groups is 1. The minimum atomic E-state index is 0.0300. The van der Waals surface area contributed by atoms with E-state index < -0.39 is 0 Å². The molecule has 0 radical (unpaired) electrons. The number of fused-ring (bicyclic) bond motifs is 1. The lowest BCUT2D eigenvalue weighted by Gasteiger charge is -2.02. The van der Waals surface area contributed by atoms with Gasteiger partial charge in [-0.15, -0.1) is 11.3 Å². The number of aromatic nitrogens is 2. The summed E-state index contributed by atoms with van der Waals surface area (Å²) < 4.78 is 0. The molecule has 0 aliphatic heterocycles. The summed E-state index contributed by atoms with van der Waals surface area (Å²) in [7, 11) is 0. The average molecular weight is 327 g/mol. The molecule has 0 bridgehead atoms. The van der Waals surface area contributed by atoms with Crippen molar-refractivity contribution in [3.63, 3.8) is 0 Å². The number of benzene rings is 1. The van der Waals surface area contributed by atoms with Crippen LogP contribution in [-0.2, 0) is 12.8 Å². The number of nitrogens with zero attached hydrogens (tertiary/aromatic N) is 1. The molecule has 2 N–H and O–H groups in total. The quantitative estimate of drug-likeness (QED) is 0.676. The summed E-state index contributed by atoms with van der Waals surface area (Å²) in [6, 6.07) is 10.0. The predicted octanol–water partition coefficient (Wildman–Crippen LogP) is 3.86. The maximum atomic E-state index is 12.2. The smallest absolute Gasteiger partial charge is 0.261 e. The Bertz CT molecular complexity index is 786. The molecule has 0 atom stereocenters. The Morgan fingerprint density at radius 1 is 1.35 bits per heavy atom. The third-order valence-electron chi connectivity index (χ3n) is 3.94. The summed E-state index contributed by atoms with van der Waals surface area (Å²) >= 11 is 1.57. The third kappa shape index (κ3) is 3.62. The number of aryl methyl sites for hydroxylation is 3. The van der Waals surface area contributed by atoms with Crippen molar-refractivity contribution < 1.29 is 4.79 Å². The summed E-state index contributed by atoms with van der Waals surface area (Å²) in [4.78, 5) is 22.1. The minimum absolute atomic E-state index is 0.0300. The Morgan fingerprint density at radius 2 is 2.17 bits per heavy atom. The van der Waals surface area contributed by atoms with Gasteiger partial charge < -0.3 is 10.3 Å². The molecular weight excluding hydrogens is 306 g/mol. The van der Waals surface area contributed by atoms with Gasteiger partial charge in [0.15, 0.2) is 0 Å². The number of rotatable bonds is 6. The summed E-state index contributed by atoms with van der Waals surface area (Å²) in [6.45, 7) is 4.85. The Hall–Kier alpha value is -2.14. The molecule has 2 aromatic heterocycles. The molecule has 0 spiro atoms. The second-order valence-corrected chi connectivity index (χ2v) is 6.86. The summed E-state index contributed by atoms with van der Waals surface area (Å²) in [5.74, 6) is 1.00. The van der Waals surface area contributed by atoms with Crippen LogP contribution in [0.3, 0.4) is 0 Å². The molecule has 5 heteroatoms. The highest BCUT2D eigenvalue weighted by Crippen LogP contribution is 2.21. The van der Waals surface area contributed by atoms with Crippen LogP contribution < -0.4 is 5.32 Å². The van der Waals surface area contributed by atoms with Gasteiger partial charge in [0.05, 0.1) is 15.9 Å². The largest absolute Gasteiger partial charge is 0.351 e. The molecule has 1 amide bonds. The van der Waals surface area contributed by atoms with Crippen LogP contribution in [0, 0.1) is 6.92 Å². The first-order valence-electron chi connectivity index (χ1n) is 7.98. The van der Waals surface area contributed by atoms with Crippen molar-refractivity contribution in [2.45, 2.75) is 33.1 Å². The molecule has 120 valence electrons. The highest BCUT2D eigenvalue weighted by Gasteiger charge is 2.11. The van der Waals surface area contributed by atoms with Gasteiger partial charge in [0.1, 0.15) is 5.82 Å². The molecule has 0 saturated carbocycles. The van der Waals surface area contributed by atoms with Gasteiger partial charge in [-0.1, -0.05) is 19.1 Å². The van der Waals surface area contributed by atoms with Crippen molar-refractivity contribution in [1.82, 2.24) is 15.3 Å². The van der Waals surface area contributed by atoms with E-state index in [0.717, 1.165) is 41.0 Å². The van der Waals surface area contributed by atoms with Crippen molar-refractivity contribution >= 4 is 28.3 Å². The molecule has 1 aromatic carbocycles. The van der Waals surface area contributed by atoms with Crippen molar-refractivity contribution in [3.05, 3.63) is 51.5 Å². The van der Waals surface area contributed by atoms with Gasteiger partial charge in [-0.3, -0.25) is 4.79 Å². The Morgan fingerprint density at radius 3 is 2.91 bits per heavy atom. The molecule has 0 unspecified atom stereocenters. The molecule has 0 saturated heterocycles. The number of imidazole rings is 1. The van der Waals surface area contributed by atoms with Crippen LogP contribution in [0.2, 0.25) is 0 Å². The summed E-state index contributed by atoms with van der Waals surface area (Å²) in [5.41, 5.74) is 3.32. The number of amides is 1. The lowest BCUT2D eigenvalue weighted by molar-refractivity contribution is 0.0957. The predicted molar refractivity (Wildman–Crippen MR) is 95.2 cm³/mol. The molecule has 23 heavy (non-hydrogen) atoms. The number of para-hydroxylation sites is 2. The van der Waals surface area contributed by atoms with E-state index in [1.807, 2.05) is 30.3 Å². The zero-order valence-corrected chi connectivity index (χ0v) is 14.3. The first kappa shape index (κ1) is 15.7. The van der Waals surface area contributed by atoms with Crippen molar-refractivity contribution in [2.75, 3.05) is 6.54 Å². The number of aromatic amines is 1. The van der Waals surface area contributed by atoms with Crippen molar-refractivity contribution in [1.29, 1.82) is 0 Å². The second kappa shape index (κ2) is 6.96. The Kier molecular flexibility index (Phi) is 4.76. The number of carbonyl (C=O) groups excluding carboxylic acids is 1. The minimum Gasteiger partial charge on any atom is -0.351 e. The van der Waals surface area contributed by atoms with Crippen LogP contribution >= 0.6 is 11.3 Å². The maximum Gasteiger partial charge on any atom is 0.261 e. The number of nitrogens with one attached hydrogen (secondary N) is 2. The van der Waals surface area contributed by atoms with Crippen molar-refractivity contribution in [2.24, 2.45) is 0 Å². The van der Waals surface area contributed by atoms with E-state index in [2.05, 4.69) is 29.1 Å². The fraction of sp³-hybridized carbons (Fsp3) is 0.333. The lowest BCUT2D eigenvalue weighted by atomic mass is 10.2. The van der Waals surface area contributed by atoms with Crippen molar-refractivity contribution in [3.8, 4) is 0 Å². The molecule has 2 heterocycles. The number of H-pyrrole nitrogens is 1. The summed E-state index contributed by atoms with van der Waals surface area (Å²) in [5, 5.41) is 3.00. The van der Waals surface area contributed by atoms with Crippen LogP contribution in [-0.4, -0.2) is 22.4 Å². The van der Waals surface area contributed by atoms with Gasteiger partial charge >= 0.3 is 0 Å². The monoisotopic (exact) mass is 327 g/mol. The van der Waals surface area contributed by atoms with Gasteiger partial charge in [-0.25, -0.2) is 4.98 Å². The first-order chi connectivity index (χ1) is 11.2. The van der Waals surface area contributed by atoms with Gasteiger partial charge in [-0.05, 0) is 43.5 Å². The zero-order valence-electron chi connectivity index (χ0n) is 13.5. The van der Waals surface area contributed by atoms with E-state index in [9.17, 15) is 4.79 Å². The second-order valence-electron chi connectivity index (χ2n) is 5.61. The van der Waals surface area contributed by atoms with Crippen LogP contribution in [0.4, 0.5) is 0 Å². The first-order valence-corrected chi connectivity index (χ1v) is 8.80. The van der Waals surface area contributed by atoms with E-state index in [1.165, 1.54) is 10.4 Å². The topological polar surface area (TPSA) is 57.8 Å². The average Bonchev–Trinajstić information content (AvgIpc) is 3.14. The van der Waals surface area contributed by atoms with Gasteiger partial charge in [0.2, 0.25) is 0 Å². The summed E-state index contributed by atoms with van der Waals surface area (Å²) in [6.07, 6.45) is 2.68. The Labute approximate surface area is 140 Å². The molecule has 0 fully saturated rings. The molecule has 4 nitrogen and oxygen atoms in total. The molecule has 0 aliphatic carbocycles. The number of thiophene rings is 1. The van der Waals surface area contributed by atoms with Gasteiger partial charge in [-0.2, -0.15) is 0 Å². The SMILES string of the molecule is CCc1cc(C(=O)NCCCc2nc3ccccc3[nH]2)sc1C. The third-order valence-corrected chi connectivity index (χ3v) is 5.03. The molecule has 0 aliphatic rings. The van der Waals surface area contributed by atoms with Crippen LogP contribution in [0.15, 0.2) is 30.3 Å². The Balaban J connectivity index is 1.50. The number of hydrogen-bond acceptors (Lipinski definition) is 3. The standard InChI is InChI=1S/C18H21N3OS/c1-3-13-11-16(23-12(13)2)18(22)19-10-6-9-17-20-14-7-4-5-8-15(14)21-17/h4-5,7-8,11H,3,6,9-10H2,1-2H3,(H,19,22)(H,20,21). The highest BCUT2D eigenvalue weighted by atomic mass is 32.1. The lowest BCUT2D eigenvalue weighted by Crippen LogP contribution is -2.24. The molecule has 3 aromatic rings. The fourth-order valence-corrected chi connectivity index (χ4v) is 3.68. The van der Waals surface area contributed by atoms with E-state index in [-0.39, 0.29) is 5.91 Å². The molecule has 3 rings (SSSR count). The van der Waals surface area contributed by atoms with E-state index in [4.69, 9.17) is 0 Å². The zero-order chi connectivity index (χ0) is 16.2. The van der Waals surface area contributed by atoms with E-state index >= 15 is 0 Å².